The Morgan fingerprint density at radius 1 is 1.15 bits per heavy atom. The fourth-order valence-electron chi connectivity index (χ4n) is 2.11. The van der Waals surface area contributed by atoms with Crippen LogP contribution in [0, 0.1) is 10.1 Å². The van der Waals surface area contributed by atoms with Gasteiger partial charge in [-0.1, -0.05) is 11.6 Å². The number of ether oxygens (including phenoxy) is 2. The Morgan fingerprint density at radius 2 is 1.85 bits per heavy atom. The quantitative estimate of drug-likeness (QED) is 0.317. The number of nitro groups is 1. The summed E-state index contributed by atoms with van der Waals surface area (Å²) >= 11 is 5.94. The zero-order valence-corrected chi connectivity index (χ0v) is 15.2. The highest BCUT2D eigenvalue weighted by Gasteiger charge is 2.16. The Balaban J connectivity index is 2.02. The van der Waals surface area contributed by atoms with E-state index in [1.165, 1.54) is 36.4 Å². The lowest BCUT2D eigenvalue weighted by molar-refractivity contribution is -0.384. The molecule has 0 aliphatic rings. The van der Waals surface area contributed by atoms with Gasteiger partial charge >= 0.3 is 5.97 Å². The van der Waals surface area contributed by atoms with E-state index in [1.54, 1.807) is 0 Å². The van der Waals surface area contributed by atoms with E-state index in [0.717, 1.165) is 6.07 Å². The van der Waals surface area contributed by atoms with Crippen molar-refractivity contribution in [3.63, 3.8) is 0 Å². The maximum Gasteiger partial charge on any atom is 0.338 e. The average Bonchev–Trinajstić information content (AvgIpc) is 2.65. The highest BCUT2D eigenvalue weighted by atomic mass is 35.5. The molecule has 0 fully saturated rings. The number of benzene rings is 2. The number of carbonyl (C=O) groups is 2. The van der Waals surface area contributed by atoms with Crippen molar-refractivity contribution in [2.24, 2.45) is 0 Å². The molecule has 9 heteroatoms. The molecule has 0 aliphatic carbocycles. The van der Waals surface area contributed by atoms with Crippen LogP contribution < -0.4 is 5.32 Å². The van der Waals surface area contributed by atoms with Crippen molar-refractivity contribution in [1.29, 1.82) is 0 Å². The molecule has 1 amide bonds. The van der Waals surface area contributed by atoms with E-state index in [4.69, 9.17) is 21.1 Å². The molecule has 0 atom stereocenters. The molecule has 0 heterocycles. The molecule has 0 radical (unpaired) electrons. The van der Waals surface area contributed by atoms with Gasteiger partial charge in [0.1, 0.15) is 6.61 Å². The van der Waals surface area contributed by atoms with Crippen molar-refractivity contribution in [3.05, 3.63) is 68.7 Å². The van der Waals surface area contributed by atoms with Crippen molar-refractivity contribution < 1.29 is 24.0 Å². The Labute approximate surface area is 160 Å². The lowest BCUT2D eigenvalue weighted by Crippen LogP contribution is -2.13. The number of nitrogens with zero attached hydrogens (tertiary/aromatic N) is 1. The summed E-state index contributed by atoms with van der Waals surface area (Å²) in [6.07, 6.45) is 0. The normalized spacial score (nSPS) is 10.3. The molecule has 1 N–H and O–H groups in total. The third-order valence-electron chi connectivity index (χ3n) is 3.45. The molecule has 0 aromatic heterocycles. The van der Waals surface area contributed by atoms with Crippen LogP contribution in [0.3, 0.4) is 0 Å². The van der Waals surface area contributed by atoms with Crippen LogP contribution in [0.15, 0.2) is 42.5 Å². The fraction of sp³-hybridized carbons (Fsp3) is 0.222. The maximum absolute atomic E-state index is 12.3. The van der Waals surface area contributed by atoms with Crippen molar-refractivity contribution in [2.45, 2.75) is 6.92 Å². The summed E-state index contributed by atoms with van der Waals surface area (Å²) in [6, 6.07) is 9.62. The molecular formula is C18H17ClN2O6. The first-order chi connectivity index (χ1) is 12.9. The minimum Gasteiger partial charge on any atom is -0.460 e. The zero-order valence-electron chi connectivity index (χ0n) is 14.4. The van der Waals surface area contributed by atoms with Crippen LogP contribution in [-0.2, 0) is 9.47 Å². The Hall–Kier alpha value is -2.97. The summed E-state index contributed by atoms with van der Waals surface area (Å²) in [7, 11) is 0. The molecule has 2 aromatic carbocycles. The van der Waals surface area contributed by atoms with E-state index >= 15 is 0 Å². The average molecular weight is 393 g/mol. The van der Waals surface area contributed by atoms with Gasteiger partial charge in [0, 0.05) is 24.4 Å². The number of nitro benzene ring substituents is 1. The van der Waals surface area contributed by atoms with E-state index in [-0.39, 0.29) is 22.9 Å². The molecule has 0 spiro atoms. The number of anilines is 1. The molecule has 0 saturated heterocycles. The SMILES string of the molecule is CCOCCOC(=O)c1ccc(NC(=O)c2cc([N+](=O)[O-])ccc2Cl)cc1. The minimum absolute atomic E-state index is 0.0229. The van der Waals surface area contributed by atoms with Gasteiger partial charge in [0.15, 0.2) is 0 Å². The number of carbonyl (C=O) groups excluding carboxylic acids is 2. The lowest BCUT2D eigenvalue weighted by atomic mass is 10.1. The number of non-ortho nitro benzene ring substituents is 1. The van der Waals surface area contributed by atoms with E-state index < -0.39 is 16.8 Å². The third-order valence-corrected chi connectivity index (χ3v) is 3.78. The van der Waals surface area contributed by atoms with Gasteiger partial charge < -0.3 is 14.8 Å². The van der Waals surface area contributed by atoms with Crippen LogP contribution in [0.2, 0.25) is 5.02 Å². The predicted molar refractivity (Wildman–Crippen MR) is 99.3 cm³/mol. The molecule has 27 heavy (non-hydrogen) atoms. The van der Waals surface area contributed by atoms with Crippen molar-refractivity contribution in [3.8, 4) is 0 Å². The minimum atomic E-state index is -0.612. The topological polar surface area (TPSA) is 108 Å². The van der Waals surface area contributed by atoms with Gasteiger partial charge in [-0.3, -0.25) is 14.9 Å². The van der Waals surface area contributed by atoms with Gasteiger partial charge in [-0.25, -0.2) is 4.79 Å². The van der Waals surface area contributed by atoms with Crippen LogP contribution in [0.25, 0.3) is 0 Å². The molecule has 2 rings (SSSR count). The van der Waals surface area contributed by atoms with Gasteiger partial charge in [0.05, 0.1) is 27.7 Å². The predicted octanol–water partition coefficient (Wildman–Crippen LogP) is 3.69. The van der Waals surface area contributed by atoms with E-state index in [2.05, 4.69) is 5.32 Å². The van der Waals surface area contributed by atoms with Gasteiger partial charge in [-0.2, -0.15) is 0 Å². The van der Waals surface area contributed by atoms with Crippen molar-refractivity contribution >= 4 is 34.9 Å². The second-order valence-electron chi connectivity index (χ2n) is 5.29. The summed E-state index contributed by atoms with van der Waals surface area (Å²) in [6.45, 7) is 2.85. The van der Waals surface area contributed by atoms with Gasteiger partial charge in [-0.15, -0.1) is 0 Å². The van der Waals surface area contributed by atoms with Gasteiger partial charge in [0.25, 0.3) is 11.6 Å². The molecule has 0 aliphatic heterocycles. The summed E-state index contributed by atoms with van der Waals surface area (Å²) in [5, 5.41) is 13.5. The Bertz CT molecular complexity index is 838. The maximum atomic E-state index is 12.3. The molecule has 0 bridgehead atoms. The first-order valence-corrected chi connectivity index (χ1v) is 8.40. The Morgan fingerprint density at radius 3 is 2.48 bits per heavy atom. The summed E-state index contributed by atoms with van der Waals surface area (Å²) in [5.74, 6) is -1.11. The standard InChI is InChI=1S/C18H17ClN2O6/c1-2-26-9-10-27-18(23)12-3-5-13(6-4-12)20-17(22)15-11-14(21(24)25)7-8-16(15)19/h3-8,11H,2,9-10H2,1H3,(H,20,22). The highest BCUT2D eigenvalue weighted by molar-refractivity contribution is 6.34. The summed E-state index contributed by atoms with van der Waals surface area (Å²) < 4.78 is 10.1. The second kappa shape index (κ2) is 9.65. The number of rotatable bonds is 8. The van der Waals surface area contributed by atoms with Crippen LogP contribution >= 0.6 is 11.6 Å². The van der Waals surface area contributed by atoms with E-state index in [1.807, 2.05) is 6.92 Å². The van der Waals surface area contributed by atoms with E-state index in [0.29, 0.717) is 24.5 Å². The Kier molecular flexibility index (Phi) is 7.27. The fourth-order valence-corrected chi connectivity index (χ4v) is 2.31. The molecule has 8 nitrogen and oxygen atoms in total. The van der Waals surface area contributed by atoms with Gasteiger partial charge in [-0.05, 0) is 37.3 Å². The molecule has 2 aromatic rings. The molecule has 0 unspecified atom stereocenters. The molecular weight excluding hydrogens is 376 g/mol. The smallest absolute Gasteiger partial charge is 0.338 e. The number of hydrogen-bond donors (Lipinski definition) is 1. The first kappa shape index (κ1) is 20.3. The van der Waals surface area contributed by atoms with E-state index in [9.17, 15) is 19.7 Å². The highest BCUT2D eigenvalue weighted by Crippen LogP contribution is 2.23. The number of hydrogen-bond acceptors (Lipinski definition) is 6. The van der Waals surface area contributed by atoms with Crippen LogP contribution in [0.5, 0.6) is 0 Å². The van der Waals surface area contributed by atoms with Crippen molar-refractivity contribution in [1.82, 2.24) is 0 Å². The summed E-state index contributed by atoms with van der Waals surface area (Å²) in [5.41, 5.74) is 0.450. The number of nitrogens with one attached hydrogen (secondary N) is 1. The van der Waals surface area contributed by atoms with Crippen molar-refractivity contribution in [2.75, 3.05) is 25.1 Å². The second-order valence-corrected chi connectivity index (χ2v) is 5.69. The number of halogens is 1. The number of esters is 1. The summed E-state index contributed by atoms with van der Waals surface area (Å²) in [4.78, 5) is 34.4. The molecule has 142 valence electrons. The van der Waals surface area contributed by atoms with Gasteiger partial charge in [0.2, 0.25) is 0 Å². The van der Waals surface area contributed by atoms with Crippen LogP contribution in [0.4, 0.5) is 11.4 Å². The lowest BCUT2D eigenvalue weighted by Gasteiger charge is -2.08. The zero-order chi connectivity index (χ0) is 19.8. The largest absolute Gasteiger partial charge is 0.460 e. The third kappa shape index (κ3) is 5.77. The monoisotopic (exact) mass is 392 g/mol. The molecule has 0 saturated carbocycles. The van der Waals surface area contributed by atoms with Crippen LogP contribution in [-0.4, -0.2) is 36.6 Å². The van der Waals surface area contributed by atoms with Crippen LogP contribution in [0.1, 0.15) is 27.6 Å². The number of amides is 1. The first-order valence-electron chi connectivity index (χ1n) is 8.02.